The van der Waals surface area contributed by atoms with Crippen LogP contribution in [0.2, 0.25) is 262 Å². The lowest BCUT2D eigenvalue weighted by molar-refractivity contribution is 1.65. The highest BCUT2D eigenvalue weighted by atomic mass is 29.3. The molecule has 90 heavy (non-hydrogen) atoms. The highest BCUT2D eigenvalue weighted by Crippen LogP contribution is 2.37. The van der Waals surface area contributed by atoms with Gasteiger partial charge in [0.2, 0.25) is 0 Å². The van der Waals surface area contributed by atoms with Crippen molar-refractivity contribution in [3.8, 4) is 0 Å². The number of hydrogen-bond acceptors (Lipinski definition) is 0. The highest BCUT2D eigenvalue weighted by molar-refractivity contribution is 7.63. The van der Waals surface area contributed by atoms with Crippen LogP contribution in [0.4, 0.5) is 0 Å². The molecule has 5 aromatic carbocycles. The second-order valence-electron chi connectivity index (χ2n) is 42.2. The summed E-state index contributed by atoms with van der Waals surface area (Å²) in [6, 6.07) is 32.7. The summed E-state index contributed by atoms with van der Waals surface area (Å²) < 4.78 is 0. The molecular formula is C70H130Si20. The molecule has 0 N–H and O–H groups in total. The second kappa shape index (κ2) is 19.3. The van der Waals surface area contributed by atoms with Crippen LogP contribution < -0.4 is 104 Å². The molecule has 0 nitrogen and oxygen atoms in total. The molecule has 20 bridgehead atoms. The van der Waals surface area contributed by atoms with Crippen LogP contribution in [-0.4, -0.2) is 152 Å². The van der Waals surface area contributed by atoms with E-state index in [0.717, 1.165) is 0 Å². The lowest BCUT2D eigenvalue weighted by atomic mass is 10.3. The Kier molecular flexibility index (Phi) is 15.4. The average molecular weight is 1530 g/mol. The molecule has 20 aliphatic heterocycles. The van der Waals surface area contributed by atoms with Crippen molar-refractivity contribution in [1.82, 2.24) is 0 Å². The topological polar surface area (TPSA) is 0 Å². The first-order valence-corrected chi connectivity index (χ1v) is 106. The highest BCUT2D eigenvalue weighted by Gasteiger charge is 2.66. The Bertz CT molecular complexity index is 2950. The molecule has 0 spiro atoms. The Morgan fingerprint density at radius 1 is 0.0889 bits per heavy atom. The van der Waals surface area contributed by atoms with E-state index in [0.29, 0.717) is 0 Å². The van der Waals surface area contributed by atoms with Crippen molar-refractivity contribution in [2.24, 2.45) is 0 Å². The van der Waals surface area contributed by atoms with E-state index in [1.54, 1.807) is 0 Å². The van der Waals surface area contributed by atoms with Crippen LogP contribution in [0.1, 0.15) is 0 Å². The summed E-state index contributed by atoms with van der Waals surface area (Å²) in [5.74, 6) is 0. The van der Waals surface area contributed by atoms with Gasteiger partial charge in [0.1, 0.15) is 0 Å². The molecule has 25 rings (SSSR count). The van der Waals surface area contributed by atoms with Crippen LogP contribution in [0, 0.1) is 0 Å². The van der Waals surface area contributed by atoms with Crippen molar-refractivity contribution in [3.05, 3.63) is 60.7 Å². The molecule has 0 amide bonds. The maximum absolute atomic E-state index is 3.27. The number of rotatable bonds is 0. The minimum atomic E-state index is -2.39. The lowest BCUT2D eigenvalue weighted by Gasteiger charge is -2.56. The molecule has 20 heterocycles. The van der Waals surface area contributed by atoms with Crippen molar-refractivity contribution in [2.45, 2.75) is 262 Å². The first-order valence-electron chi connectivity index (χ1n) is 35.8. The second-order valence-corrected chi connectivity index (χ2v) is 193. The van der Waals surface area contributed by atoms with Gasteiger partial charge in [-0.1, -0.05) is 426 Å². The van der Waals surface area contributed by atoms with Gasteiger partial charge in [-0.15, -0.1) is 0 Å². The van der Waals surface area contributed by atoms with E-state index in [9.17, 15) is 0 Å². The predicted molar refractivity (Wildman–Crippen MR) is 475 cm³/mol. The molecule has 490 valence electrons. The minimum Gasteiger partial charge on any atom is -0.0671 e. The standard InChI is InChI=1S/C70H130Si20/c1-71(2)51-41-54-56-42-52(51)73(5,6)76(11,12)59-45-63-61(79(17,18)74(54,7)8)46-60(59)83(25,26)86(31,32)67-49-70-69(88(35,36)84(63,27)28)50-68(67)90(39,40)87(33,34)66-47-62-64(85(29,30)89(70,37)38)48-65(66)82(23,24)78(15,16)57-43-53(72(71,3)4)55(75(9,10)80(62,19)20)44-58(57)81(21,22)77(56,13)14/h41-50H,1-40H3. The van der Waals surface area contributed by atoms with Crippen LogP contribution in [0.3, 0.4) is 0 Å². The zero-order valence-electron chi connectivity index (χ0n) is 65.8. The fourth-order valence-electron chi connectivity index (χ4n) is 20.1. The first kappa shape index (κ1) is 71.7. The zero-order chi connectivity index (χ0) is 68.6. The van der Waals surface area contributed by atoms with Gasteiger partial charge in [0.05, 0.1) is 152 Å². The third kappa shape index (κ3) is 8.02. The lowest BCUT2D eigenvalue weighted by Crippen LogP contribution is -2.89. The largest absolute Gasteiger partial charge is 0.0789 e. The van der Waals surface area contributed by atoms with Gasteiger partial charge in [-0.25, -0.2) is 0 Å². The Labute approximate surface area is 572 Å². The molecule has 0 radical (unpaired) electrons. The Hall–Kier alpha value is 0.438. The van der Waals surface area contributed by atoms with Crippen LogP contribution in [0.15, 0.2) is 60.7 Å². The summed E-state index contributed by atoms with van der Waals surface area (Å²) in [6.45, 7) is 122. The normalized spacial score (nSPS) is 27.6. The maximum atomic E-state index is 3.27. The molecule has 0 aromatic heterocycles. The van der Waals surface area contributed by atoms with Gasteiger partial charge in [0, 0.05) is 0 Å². The van der Waals surface area contributed by atoms with Gasteiger partial charge in [0.25, 0.3) is 0 Å². The van der Waals surface area contributed by atoms with E-state index in [4.69, 9.17) is 0 Å². The van der Waals surface area contributed by atoms with Crippen LogP contribution in [0.25, 0.3) is 0 Å². The summed E-state index contributed by atoms with van der Waals surface area (Å²) in [5.41, 5.74) is 0. The molecule has 20 heteroatoms. The summed E-state index contributed by atoms with van der Waals surface area (Å²) in [6.07, 6.45) is 0. The van der Waals surface area contributed by atoms with Crippen LogP contribution in [-0.2, 0) is 0 Å². The van der Waals surface area contributed by atoms with Gasteiger partial charge in [-0.05, 0) is 0 Å². The summed E-state index contributed by atoms with van der Waals surface area (Å²) in [5, 5.41) is 40.0. The minimum absolute atomic E-state index is 2.00. The van der Waals surface area contributed by atoms with Gasteiger partial charge in [-0.2, -0.15) is 0 Å². The van der Waals surface area contributed by atoms with Crippen molar-refractivity contribution < 1.29 is 0 Å². The molecule has 0 atom stereocenters. The molecule has 0 fully saturated rings. The van der Waals surface area contributed by atoms with E-state index >= 15 is 0 Å². The predicted octanol–water partition coefficient (Wildman–Crippen LogP) is 7.66. The molecule has 0 unspecified atom stereocenters. The fourth-order valence-corrected chi connectivity index (χ4v) is 139. The molecule has 0 aliphatic carbocycles. The molecule has 0 saturated heterocycles. The zero-order valence-corrected chi connectivity index (χ0v) is 85.8. The molecule has 0 saturated carbocycles. The van der Waals surface area contributed by atoms with Gasteiger partial charge in [-0.3, -0.25) is 0 Å². The fraction of sp³-hybridized carbons (Fsp3) is 0.571. The number of hydrogen-bond donors (Lipinski definition) is 0. The monoisotopic (exact) mass is 1530 g/mol. The Morgan fingerprint density at radius 2 is 0.122 bits per heavy atom. The quantitative estimate of drug-likeness (QED) is 0.140. The van der Waals surface area contributed by atoms with E-state index < -0.39 is 152 Å². The third-order valence-electron chi connectivity index (χ3n) is 34.9. The van der Waals surface area contributed by atoms with Crippen molar-refractivity contribution in [3.63, 3.8) is 0 Å². The van der Waals surface area contributed by atoms with E-state index in [-0.39, 0.29) is 0 Å². The smallest absolute Gasteiger partial charge is 0.0671 e. The van der Waals surface area contributed by atoms with E-state index in [1.807, 2.05) is 104 Å². The van der Waals surface area contributed by atoms with Gasteiger partial charge in [0.15, 0.2) is 0 Å². The Balaban J connectivity index is 1.60. The SMILES string of the molecule is C[Si]1(C)c2cc3c4cc2[Si](C)(C)[Si](C)(C)c2cc5c(cc2[Si](C)(C)[Si](C)(C)c2cc6c(cc2[Si](C)(C)[Si](C)(C)c2cc7c(cc2[Si](C)(C)[Si](C)(C)c2cc(c(cc2[Si](C)(C)[Si]4(C)C)[Si](C)(C)[Si]7(C)C)[Si]1(C)C)[Si](C)(C)[Si]6(C)C)[Si](C)(C)[Si]5(C)C)[Si](C)(C)[Si]3(C)C. The van der Waals surface area contributed by atoms with E-state index in [1.165, 1.54) is 0 Å². The molecular weight excluding hydrogens is 1400 g/mol. The van der Waals surface area contributed by atoms with Crippen LogP contribution in [0.5, 0.6) is 0 Å². The van der Waals surface area contributed by atoms with Crippen molar-refractivity contribution in [1.29, 1.82) is 0 Å². The molecule has 20 aliphatic rings. The molecule has 5 aromatic rings. The van der Waals surface area contributed by atoms with Gasteiger partial charge < -0.3 is 0 Å². The average Bonchev–Trinajstić information content (AvgIpc) is 0.768. The number of benzene rings is 5. The maximum Gasteiger partial charge on any atom is 0.0789 e. The Morgan fingerprint density at radius 3 is 0.156 bits per heavy atom. The summed E-state index contributed by atoms with van der Waals surface area (Å²) >= 11 is 0. The van der Waals surface area contributed by atoms with E-state index in [2.05, 4.69) is 323 Å². The third-order valence-corrected chi connectivity index (χ3v) is 214. The summed E-state index contributed by atoms with van der Waals surface area (Å²) in [7, 11) is -47.7. The van der Waals surface area contributed by atoms with Crippen molar-refractivity contribution >= 4 is 256 Å². The van der Waals surface area contributed by atoms with Gasteiger partial charge >= 0.3 is 0 Å². The van der Waals surface area contributed by atoms with Crippen molar-refractivity contribution in [2.75, 3.05) is 0 Å². The summed E-state index contributed by atoms with van der Waals surface area (Å²) in [4.78, 5) is 0. The van der Waals surface area contributed by atoms with Crippen LogP contribution >= 0.6 is 0 Å². The first-order chi connectivity index (χ1) is 39.8.